The van der Waals surface area contributed by atoms with Crippen molar-refractivity contribution in [3.63, 3.8) is 0 Å². The molecular weight excluding hydrogens is 334 g/mol. The minimum Gasteiger partial charge on any atom is -0.451 e. The van der Waals surface area contributed by atoms with E-state index >= 15 is 0 Å². The number of nitrogens with one attached hydrogen (secondary N) is 1. The molecule has 4 rings (SSSR count). The fraction of sp³-hybridized carbons (Fsp3) is 0.211. The minimum atomic E-state index is -0.247. The lowest BCUT2D eigenvalue weighted by atomic mass is 10.2. The lowest BCUT2D eigenvalue weighted by Crippen LogP contribution is -2.50. The van der Waals surface area contributed by atoms with Gasteiger partial charge in [0.2, 0.25) is 5.56 Å². The summed E-state index contributed by atoms with van der Waals surface area (Å²) in [7, 11) is 0. The van der Waals surface area contributed by atoms with E-state index in [-0.39, 0.29) is 17.4 Å². The van der Waals surface area contributed by atoms with Gasteiger partial charge in [-0.15, -0.1) is 0 Å². The number of para-hydroxylation sites is 1. The predicted molar refractivity (Wildman–Crippen MR) is 95.1 cm³/mol. The van der Waals surface area contributed by atoms with Gasteiger partial charge in [-0.2, -0.15) is 0 Å². The summed E-state index contributed by atoms with van der Waals surface area (Å²) in [5.41, 5.74) is 0.868. The number of furan rings is 1. The third-order valence-electron chi connectivity index (χ3n) is 4.52. The van der Waals surface area contributed by atoms with Crippen LogP contribution in [0.1, 0.15) is 20.9 Å². The Morgan fingerprint density at radius 2 is 1.62 bits per heavy atom. The van der Waals surface area contributed by atoms with Crippen molar-refractivity contribution in [2.24, 2.45) is 0 Å². The number of benzene rings is 1. The molecule has 0 aliphatic carbocycles. The van der Waals surface area contributed by atoms with Gasteiger partial charge in [-0.25, -0.2) is 0 Å². The average Bonchev–Trinajstić information content (AvgIpc) is 3.12. The molecule has 0 spiro atoms. The molecule has 7 heteroatoms. The molecule has 1 fully saturated rings. The quantitative estimate of drug-likeness (QED) is 0.762. The second kappa shape index (κ2) is 6.51. The molecule has 132 valence electrons. The summed E-state index contributed by atoms with van der Waals surface area (Å²) in [6.45, 7) is 1.74. The summed E-state index contributed by atoms with van der Waals surface area (Å²) < 4.78 is 5.63. The SMILES string of the molecule is O=C(c1ccc(=O)[nH]c1)N1CCN(C(=O)c2cc3ccccc3o2)CC1. The van der Waals surface area contributed by atoms with Crippen molar-refractivity contribution in [2.45, 2.75) is 0 Å². The summed E-state index contributed by atoms with van der Waals surface area (Å²) in [5.74, 6) is -0.0129. The Kier molecular flexibility index (Phi) is 4.04. The number of aromatic amines is 1. The number of hydrogen-bond acceptors (Lipinski definition) is 4. The number of carbonyl (C=O) groups excluding carboxylic acids is 2. The molecule has 0 bridgehead atoms. The Morgan fingerprint density at radius 3 is 2.27 bits per heavy atom. The van der Waals surface area contributed by atoms with Crippen molar-refractivity contribution in [1.82, 2.24) is 14.8 Å². The Morgan fingerprint density at radius 1 is 0.923 bits per heavy atom. The molecule has 2 aromatic heterocycles. The van der Waals surface area contributed by atoms with Crippen LogP contribution >= 0.6 is 0 Å². The third-order valence-corrected chi connectivity index (χ3v) is 4.52. The highest BCUT2D eigenvalue weighted by Crippen LogP contribution is 2.20. The lowest BCUT2D eigenvalue weighted by Gasteiger charge is -2.34. The second-order valence-corrected chi connectivity index (χ2v) is 6.17. The topological polar surface area (TPSA) is 86.6 Å². The fourth-order valence-electron chi connectivity index (χ4n) is 3.08. The molecule has 3 aromatic rings. The van der Waals surface area contributed by atoms with Crippen LogP contribution in [-0.4, -0.2) is 52.8 Å². The molecule has 26 heavy (non-hydrogen) atoms. The molecule has 1 aromatic carbocycles. The van der Waals surface area contributed by atoms with Crippen molar-refractivity contribution >= 4 is 22.8 Å². The Hall–Kier alpha value is -3.35. The molecule has 1 aliphatic rings. The van der Waals surface area contributed by atoms with Gasteiger partial charge in [0.1, 0.15) is 5.58 Å². The summed E-state index contributed by atoms with van der Waals surface area (Å²) in [5, 5.41) is 0.891. The predicted octanol–water partition coefficient (Wildman–Crippen LogP) is 1.72. The van der Waals surface area contributed by atoms with E-state index in [4.69, 9.17) is 4.42 Å². The van der Waals surface area contributed by atoms with E-state index in [1.807, 2.05) is 24.3 Å². The first-order valence-electron chi connectivity index (χ1n) is 8.38. The van der Waals surface area contributed by atoms with E-state index in [0.717, 1.165) is 5.39 Å². The number of nitrogens with zero attached hydrogens (tertiary/aromatic N) is 2. The van der Waals surface area contributed by atoms with E-state index in [0.29, 0.717) is 43.1 Å². The lowest BCUT2D eigenvalue weighted by molar-refractivity contribution is 0.0519. The van der Waals surface area contributed by atoms with Gasteiger partial charge >= 0.3 is 0 Å². The standard InChI is InChI=1S/C19H17N3O4/c23-17-6-5-14(12-20-17)18(24)21-7-9-22(10-8-21)19(25)16-11-13-3-1-2-4-15(13)26-16/h1-6,11-12H,7-10H2,(H,20,23). The van der Waals surface area contributed by atoms with Crippen molar-refractivity contribution in [3.8, 4) is 0 Å². The van der Waals surface area contributed by atoms with Crippen molar-refractivity contribution in [1.29, 1.82) is 0 Å². The van der Waals surface area contributed by atoms with E-state index in [2.05, 4.69) is 4.98 Å². The third kappa shape index (κ3) is 2.99. The highest BCUT2D eigenvalue weighted by Gasteiger charge is 2.27. The monoisotopic (exact) mass is 351 g/mol. The van der Waals surface area contributed by atoms with Crippen molar-refractivity contribution in [2.75, 3.05) is 26.2 Å². The summed E-state index contributed by atoms with van der Waals surface area (Å²) in [6, 6.07) is 12.1. The average molecular weight is 351 g/mol. The molecular formula is C19H17N3O4. The highest BCUT2D eigenvalue weighted by molar-refractivity contribution is 5.97. The first-order chi connectivity index (χ1) is 12.6. The van der Waals surface area contributed by atoms with Gasteiger partial charge in [-0.1, -0.05) is 18.2 Å². The second-order valence-electron chi connectivity index (χ2n) is 6.17. The van der Waals surface area contributed by atoms with E-state index in [1.165, 1.54) is 18.3 Å². The number of pyridine rings is 1. The summed E-state index contributed by atoms with van der Waals surface area (Å²) in [6.07, 6.45) is 1.41. The maximum atomic E-state index is 12.6. The van der Waals surface area contributed by atoms with Crippen LogP contribution in [0, 0.1) is 0 Å². The van der Waals surface area contributed by atoms with Crippen LogP contribution in [0.3, 0.4) is 0 Å². The van der Waals surface area contributed by atoms with Crippen LogP contribution in [0.25, 0.3) is 11.0 Å². The number of carbonyl (C=O) groups is 2. The minimum absolute atomic E-state index is 0.155. The van der Waals surface area contributed by atoms with Crippen LogP contribution in [0.2, 0.25) is 0 Å². The molecule has 0 unspecified atom stereocenters. The Balaban J connectivity index is 1.42. The summed E-state index contributed by atoms with van der Waals surface area (Å²) >= 11 is 0. The molecule has 0 radical (unpaired) electrons. The van der Waals surface area contributed by atoms with Crippen LogP contribution in [-0.2, 0) is 0 Å². The normalized spacial score (nSPS) is 14.6. The zero-order chi connectivity index (χ0) is 18.1. The molecule has 1 saturated heterocycles. The van der Waals surface area contributed by atoms with Crippen LogP contribution in [0.4, 0.5) is 0 Å². The van der Waals surface area contributed by atoms with Crippen LogP contribution in [0.5, 0.6) is 0 Å². The largest absolute Gasteiger partial charge is 0.451 e. The number of amides is 2. The van der Waals surface area contributed by atoms with Crippen LogP contribution < -0.4 is 5.56 Å². The maximum Gasteiger partial charge on any atom is 0.289 e. The van der Waals surface area contributed by atoms with Gasteiger partial charge in [0.15, 0.2) is 5.76 Å². The number of piperazine rings is 1. The molecule has 0 atom stereocenters. The molecule has 0 saturated carbocycles. The molecule has 2 amide bonds. The zero-order valence-electron chi connectivity index (χ0n) is 14.0. The van der Waals surface area contributed by atoms with E-state index < -0.39 is 0 Å². The smallest absolute Gasteiger partial charge is 0.289 e. The number of fused-ring (bicyclic) bond motifs is 1. The van der Waals surface area contributed by atoms with Gasteiger partial charge in [-0.05, 0) is 18.2 Å². The first-order valence-corrected chi connectivity index (χ1v) is 8.38. The Labute approximate surface area is 148 Å². The van der Waals surface area contributed by atoms with E-state index in [1.54, 1.807) is 15.9 Å². The Bertz CT molecular complexity index is 975. The van der Waals surface area contributed by atoms with Crippen molar-refractivity contribution < 1.29 is 14.0 Å². The van der Waals surface area contributed by atoms with Gasteiger partial charge < -0.3 is 19.2 Å². The van der Waals surface area contributed by atoms with Gasteiger partial charge in [0.25, 0.3) is 11.8 Å². The number of H-pyrrole nitrogens is 1. The molecule has 3 heterocycles. The molecule has 7 nitrogen and oxygen atoms in total. The first kappa shape index (κ1) is 16.1. The van der Waals surface area contributed by atoms with Gasteiger partial charge in [0.05, 0.1) is 5.56 Å². The highest BCUT2D eigenvalue weighted by atomic mass is 16.3. The number of rotatable bonds is 2. The van der Waals surface area contributed by atoms with E-state index in [9.17, 15) is 14.4 Å². The number of hydrogen-bond donors (Lipinski definition) is 1. The van der Waals surface area contributed by atoms with Crippen molar-refractivity contribution in [3.05, 3.63) is 70.3 Å². The zero-order valence-corrected chi connectivity index (χ0v) is 14.0. The molecule has 1 aliphatic heterocycles. The molecule has 1 N–H and O–H groups in total. The van der Waals surface area contributed by atoms with Gasteiger partial charge in [0, 0.05) is 43.8 Å². The van der Waals surface area contributed by atoms with Crippen LogP contribution in [0.15, 0.2) is 57.9 Å². The van der Waals surface area contributed by atoms with Gasteiger partial charge in [-0.3, -0.25) is 14.4 Å². The maximum absolute atomic E-state index is 12.6. The number of aromatic nitrogens is 1. The fourth-order valence-corrected chi connectivity index (χ4v) is 3.08. The summed E-state index contributed by atoms with van der Waals surface area (Å²) in [4.78, 5) is 42.1.